The van der Waals surface area contributed by atoms with Gasteiger partial charge in [0.15, 0.2) is 5.13 Å². The Morgan fingerprint density at radius 3 is 2.83 bits per heavy atom. The van der Waals surface area contributed by atoms with Crippen LogP contribution < -0.4 is 4.90 Å². The van der Waals surface area contributed by atoms with Gasteiger partial charge in [-0.05, 0) is 37.5 Å². The average Bonchev–Trinajstić information content (AvgIpc) is 3.38. The molecule has 7 heteroatoms. The second kappa shape index (κ2) is 8.98. The minimum absolute atomic E-state index is 0.0408. The van der Waals surface area contributed by atoms with E-state index in [1.807, 2.05) is 54.9 Å². The third-order valence-electron chi connectivity index (χ3n) is 5.01. The molecule has 0 atom stereocenters. The first-order valence-corrected chi connectivity index (χ1v) is 11.1. The SMILES string of the molecule is Cc1cccc(CC(=O)N(CCCn2ccnc2)c2nc3c(C)ccc(Cl)c3s2)c1. The Balaban J connectivity index is 1.61. The number of carbonyl (C=O) groups excluding carboxylic acids is 1. The van der Waals surface area contributed by atoms with Crippen molar-refractivity contribution in [3.8, 4) is 0 Å². The number of benzene rings is 2. The van der Waals surface area contributed by atoms with E-state index in [1.54, 1.807) is 17.4 Å². The molecule has 0 N–H and O–H groups in total. The van der Waals surface area contributed by atoms with E-state index in [9.17, 15) is 4.79 Å². The predicted octanol–water partition coefficient (Wildman–Crippen LogP) is 5.43. The molecule has 0 saturated carbocycles. The van der Waals surface area contributed by atoms with Crippen molar-refractivity contribution in [3.05, 3.63) is 76.8 Å². The van der Waals surface area contributed by atoms with E-state index in [4.69, 9.17) is 16.6 Å². The highest BCUT2D eigenvalue weighted by Gasteiger charge is 2.21. The van der Waals surface area contributed by atoms with Crippen molar-refractivity contribution in [2.24, 2.45) is 0 Å². The van der Waals surface area contributed by atoms with E-state index < -0.39 is 0 Å². The van der Waals surface area contributed by atoms with Gasteiger partial charge in [0.25, 0.3) is 0 Å². The van der Waals surface area contributed by atoms with E-state index >= 15 is 0 Å². The molecular weight excluding hydrogens is 416 g/mol. The zero-order valence-electron chi connectivity index (χ0n) is 17.0. The first-order valence-electron chi connectivity index (χ1n) is 9.88. The number of amides is 1. The third kappa shape index (κ3) is 4.55. The fourth-order valence-corrected chi connectivity index (χ4v) is 4.82. The standard InChI is InChI=1S/C23H23ClN4OS/c1-16-5-3-6-18(13-16)14-20(29)28(11-4-10-27-12-9-25-15-27)23-26-21-17(2)7-8-19(24)22(21)30-23/h3,5-9,12-13,15H,4,10-11,14H2,1-2H3. The largest absolute Gasteiger partial charge is 0.337 e. The van der Waals surface area contributed by atoms with E-state index in [0.717, 1.165) is 39.9 Å². The molecule has 0 spiro atoms. The molecule has 2 aromatic carbocycles. The summed E-state index contributed by atoms with van der Waals surface area (Å²) in [7, 11) is 0. The van der Waals surface area contributed by atoms with Crippen LogP contribution in [0.15, 0.2) is 55.1 Å². The Labute approximate surface area is 185 Å². The predicted molar refractivity (Wildman–Crippen MR) is 123 cm³/mol. The number of rotatable bonds is 7. The number of aromatic nitrogens is 3. The highest BCUT2D eigenvalue weighted by atomic mass is 35.5. The van der Waals surface area contributed by atoms with E-state index in [2.05, 4.69) is 11.1 Å². The maximum Gasteiger partial charge on any atom is 0.233 e. The number of hydrogen-bond donors (Lipinski definition) is 0. The van der Waals surface area contributed by atoms with Gasteiger partial charge in [0, 0.05) is 25.5 Å². The Morgan fingerprint density at radius 1 is 1.23 bits per heavy atom. The van der Waals surface area contributed by atoms with Crippen molar-refractivity contribution in [2.75, 3.05) is 11.4 Å². The zero-order chi connectivity index (χ0) is 21.1. The number of aryl methyl sites for hydroxylation is 3. The number of fused-ring (bicyclic) bond motifs is 1. The molecule has 30 heavy (non-hydrogen) atoms. The fourth-order valence-electron chi connectivity index (χ4n) is 3.46. The van der Waals surface area contributed by atoms with E-state index in [-0.39, 0.29) is 5.91 Å². The summed E-state index contributed by atoms with van der Waals surface area (Å²) < 4.78 is 2.94. The quantitative estimate of drug-likeness (QED) is 0.386. The lowest BCUT2D eigenvalue weighted by atomic mass is 10.1. The first-order chi connectivity index (χ1) is 14.5. The molecule has 0 unspecified atom stereocenters. The lowest BCUT2D eigenvalue weighted by molar-refractivity contribution is -0.118. The minimum Gasteiger partial charge on any atom is -0.337 e. The van der Waals surface area contributed by atoms with Gasteiger partial charge in [0.05, 0.1) is 28.0 Å². The molecule has 0 radical (unpaired) electrons. The number of anilines is 1. The number of halogens is 1. The summed E-state index contributed by atoms with van der Waals surface area (Å²) in [6.07, 6.45) is 6.63. The molecular formula is C23H23ClN4OS. The highest BCUT2D eigenvalue weighted by molar-refractivity contribution is 7.23. The van der Waals surface area contributed by atoms with Crippen LogP contribution in [0.5, 0.6) is 0 Å². The smallest absolute Gasteiger partial charge is 0.233 e. The summed E-state index contributed by atoms with van der Waals surface area (Å²) in [6, 6.07) is 11.9. The molecule has 2 aromatic heterocycles. The molecule has 4 aromatic rings. The van der Waals surface area contributed by atoms with Crippen molar-refractivity contribution >= 4 is 44.2 Å². The molecule has 0 aliphatic heterocycles. The van der Waals surface area contributed by atoms with Crippen LogP contribution >= 0.6 is 22.9 Å². The van der Waals surface area contributed by atoms with Crippen LogP contribution in [0, 0.1) is 13.8 Å². The minimum atomic E-state index is 0.0408. The average molecular weight is 439 g/mol. The van der Waals surface area contributed by atoms with Crippen molar-refractivity contribution in [3.63, 3.8) is 0 Å². The fraction of sp³-hybridized carbons (Fsp3) is 0.261. The van der Waals surface area contributed by atoms with Crippen LogP contribution in [0.2, 0.25) is 5.02 Å². The number of imidazole rings is 1. The van der Waals surface area contributed by atoms with Gasteiger partial charge in [-0.15, -0.1) is 0 Å². The Morgan fingerprint density at radius 2 is 2.10 bits per heavy atom. The number of hydrogen-bond acceptors (Lipinski definition) is 4. The molecule has 5 nitrogen and oxygen atoms in total. The lowest BCUT2D eigenvalue weighted by Gasteiger charge is -2.20. The normalized spacial score (nSPS) is 11.2. The van der Waals surface area contributed by atoms with Crippen molar-refractivity contribution in [1.82, 2.24) is 14.5 Å². The van der Waals surface area contributed by atoms with Gasteiger partial charge < -0.3 is 4.57 Å². The second-order valence-corrected chi connectivity index (χ2v) is 8.79. The van der Waals surface area contributed by atoms with E-state index in [0.29, 0.717) is 23.1 Å². The number of thiazole rings is 1. The zero-order valence-corrected chi connectivity index (χ0v) is 18.6. The molecule has 154 valence electrons. The summed E-state index contributed by atoms with van der Waals surface area (Å²) in [6.45, 7) is 5.42. The summed E-state index contributed by atoms with van der Waals surface area (Å²) in [4.78, 5) is 24.0. The van der Waals surface area contributed by atoms with Crippen molar-refractivity contribution in [2.45, 2.75) is 33.2 Å². The molecule has 0 fully saturated rings. The molecule has 2 heterocycles. The Kier molecular flexibility index (Phi) is 6.16. The lowest BCUT2D eigenvalue weighted by Crippen LogP contribution is -2.33. The van der Waals surface area contributed by atoms with Gasteiger partial charge >= 0.3 is 0 Å². The van der Waals surface area contributed by atoms with Crippen LogP contribution in [-0.4, -0.2) is 27.0 Å². The third-order valence-corrected chi connectivity index (χ3v) is 6.55. The summed E-state index contributed by atoms with van der Waals surface area (Å²) >= 11 is 7.88. The van der Waals surface area contributed by atoms with Gasteiger partial charge in [-0.1, -0.05) is 58.8 Å². The Hall–Kier alpha value is -2.70. The Bertz CT molecular complexity index is 1130. The monoisotopic (exact) mass is 438 g/mol. The molecule has 1 amide bonds. The van der Waals surface area contributed by atoms with Crippen molar-refractivity contribution in [1.29, 1.82) is 0 Å². The molecule has 4 rings (SSSR count). The first kappa shape index (κ1) is 20.6. The second-order valence-electron chi connectivity index (χ2n) is 7.40. The highest BCUT2D eigenvalue weighted by Crippen LogP contribution is 2.36. The van der Waals surface area contributed by atoms with Gasteiger partial charge in [-0.2, -0.15) is 0 Å². The molecule has 0 saturated heterocycles. The van der Waals surface area contributed by atoms with Crippen LogP contribution in [0.25, 0.3) is 10.2 Å². The van der Waals surface area contributed by atoms with Crippen LogP contribution in [0.3, 0.4) is 0 Å². The van der Waals surface area contributed by atoms with Gasteiger partial charge in [-0.3, -0.25) is 9.69 Å². The summed E-state index contributed by atoms with van der Waals surface area (Å²) in [5, 5.41) is 1.37. The van der Waals surface area contributed by atoms with E-state index in [1.165, 1.54) is 11.3 Å². The van der Waals surface area contributed by atoms with Crippen LogP contribution in [0.4, 0.5) is 5.13 Å². The number of carbonyl (C=O) groups is 1. The van der Waals surface area contributed by atoms with Crippen molar-refractivity contribution < 1.29 is 4.79 Å². The van der Waals surface area contributed by atoms with Crippen LogP contribution in [0.1, 0.15) is 23.1 Å². The molecule has 0 aliphatic carbocycles. The maximum absolute atomic E-state index is 13.3. The summed E-state index contributed by atoms with van der Waals surface area (Å²) in [5.74, 6) is 0.0408. The maximum atomic E-state index is 13.3. The van der Waals surface area contributed by atoms with Gasteiger partial charge in [-0.25, -0.2) is 9.97 Å². The van der Waals surface area contributed by atoms with Gasteiger partial charge in [0.1, 0.15) is 0 Å². The number of nitrogens with zero attached hydrogens (tertiary/aromatic N) is 4. The van der Waals surface area contributed by atoms with Crippen LogP contribution in [-0.2, 0) is 17.8 Å². The molecule has 0 bridgehead atoms. The molecule has 0 aliphatic rings. The van der Waals surface area contributed by atoms with Gasteiger partial charge in [0.2, 0.25) is 5.91 Å². The summed E-state index contributed by atoms with van der Waals surface area (Å²) in [5.41, 5.74) is 4.08. The topological polar surface area (TPSA) is 51.0 Å².